The second-order valence-corrected chi connectivity index (χ2v) is 11.7. The van der Waals surface area contributed by atoms with Gasteiger partial charge in [0.2, 0.25) is 17.8 Å². The fourth-order valence-electron chi connectivity index (χ4n) is 6.30. The Bertz CT molecular complexity index is 1690. The molecule has 2 saturated heterocycles. The highest BCUT2D eigenvalue weighted by Gasteiger charge is 2.33. The van der Waals surface area contributed by atoms with Crippen molar-refractivity contribution < 1.29 is 9.72 Å². The van der Waals surface area contributed by atoms with Crippen LogP contribution in [-0.2, 0) is 0 Å². The highest BCUT2D eigenvalue weighted by molar-refractivity contribution is 5.93. The first-order chi connectivity index (χ1) is 21.9. The number of carbonyl (C=O) groups excluding carboxylic acids is 1. The molecular weight excluding hydrogens is 574 g/mol. The van der Waals surface area contributed by atoms with Crippen LogP contribution in [0.1, 0.15) is 61.4 Å². The number of rotatable bonds is 7. The van der Waals surface area contributed by atoms with Gasteiger partial charge in [0.1, 0.15) is 5.82 Å². The Morgan fingerprint density at radius 2 is 1.53 bits per heavy atom. The molecule has 0 spiro atoms. The van der Waals surface area contributed by atoms with Gasteiger partial charge < -0.3 is 20.4 Å². The van der Waals surface area contributed by atoms with E-state index in [1.807, 2.05) is 31.2 Å². The number of nitro groups is 1. The topological polar surface area (TPSA) is 159 Å². The second-order valence-electron chi connectivity index (χ2n) is 11.7. The first-order valence-electron chi connectivity index (χ1n) is 15.5. The molecule has 1 unspecified atom stereocenters. The van der Waals surface area contributed by atoms with Gasteiger partial charge in [0.05, 0.1) is 22.3 Å². The van der Waals surface area contributed by atoms with Crippen LogP contribution >= 0.6 is 0 Å². The van der Waals surface area contributed by atoms with Gasteiger partial charge in [-0.2, -0.15) is 20.1 Å². The van der Waals surface area contributed by atoms with Crippen molar-refractivity contribution in [2.75, 3.05) is 46.6 Å². The quantitative estimate of drug-likeness (QED) is 0.187. The number of carbonyl (C=O) groups is 1. The molecule has 4 aromatic rings. The van der Waals surface area contributed by atoms with E-state index in [2.05, 4.69) is 25.8 Å². The third-order valence-corrected chi connectivity index (χ3v) is 8.57. The van der Waals surface area contributed by atoms with Gasteiger partial charge in [-0.15, -0.1) is 0 Å². The molecule has 0 radical (unpaired) electrons. The lowest BCUT2D eigenvalue weighted by molar-refractivity contribution is -0.384. The van der Waals surface area contributed by atoms with Crippen molar-refractivity contribution in [3.8, 4) is 5.69 Å². The number of piperidine rings is 2. The minimum absolute atomic E-state index is 0.0424. The van der Waals surface area contributed by atoms with Crippen LogP contribution in [0.3, 0.4) is 0 Å². The lowest BCUT2D eigenvalue weighted by Gasteiger charge is -2.30. The maximum atomic E-state index is 12.7. The van der Waals surface area contributed by atoms with E-state index in [1.54, 1.807) is 16.8 Å². The summed E-state index contributed by atoms with van der Waals surface area (Å²) in [6.45, 7) is 5.63. The number of urea groups is 1. The van der Waals surface area contributed by atoms with Crippen LogP contribution in [0.5, 0.6) is 0 Å². The zero-order chi connectivity index (χ0) is 30.9. The summed E-state index contributed by atoms with van der Waals surface area (Å²) in [5, 5.41) is 25.3. The van der Waals surface area contributed by atoms with Crippen LogP contribution < -0.4 is 25.8 Å². The minimum Gasteiger partial charge on any atom is -0.341 e. The predicted molar refractivity (Wildman–Crippen MR) is 171 cm³/mol. The Kier molecular flexibility index (Phi) is 7.61. The van der Waals surface area contributed by atoms with E-state index in [0.29, 0.717) is 34.9 Å². The molecule has 2 aromatic carbocycles. The van der Waals surface area contributed by atoms with Gasteiger partial charge in [0, 0.05) is 49.6 Å². The molecule has 2 fully saturated rings. The first kappa shape index (κ1) is 28.5. The van der Waals surface area contributed by atoms with Crippen LogP contribution in [0.15, 0.2) is 48.5 Å². The number of fused-ring (bicyclic) bond motifs is 1. The van der Waals surface area contributed by atoms with Crippen molar-refractivity contribution in [3.63, 3.8) is 0 Å². The van der Waals surface area contributed by atoms with Crippen LogP contribution in [0.25, 0.3) is 5.69 Å². The second kappa shape index (κ2) is 12.0. The minimum atomic E-state index is -0.588. The maximum Gasteiger partial charge on any atom is 0.321 e. The van der Waals surface area contributed by atoms with E-state index < -0.39 is 17.0 Å². The summed E-state index contributed by atoms with van der Waals surface area (Å²) in [6.07, 6.45) is 6.99. The smallest absolute Gasteiger partial charge is 0.321 e. The van der Waals surface area contributed by atoms with Crippen molar-refractivity contribution in [1.29, 1.82) is 0 Å². The average molecular weight is 610 g/mol. The lowest BCUT2D eigenvalue weighted by Crippen LogP contribution is -2.38. The largest absolute Gasteiger partial charge is 0.341 e. The summed E-state index contributed by atoms with van der Waals surface area (Å²) >= 11 is 0. The SMILES string of the molecule is Cc1nn(-c2ccc(Nc3nc(N4CCCCC4)nc(N4CCCCC4)n3)cc2)c2c1C(c1cccc([N+](=O)[O-])c1)NC(=O)N2. The number of hydrogen-bond acceptors (Lipinski definition) is 10. The van der Waals surface area contributed by atoms with Crippen molar-refractivity contribution in [2.45, 2.75) is 51.5 Å². The Balaban J connectivity index is 1.17. The lowest BCUT2D eigenvalue weighted by atomic mass is 9.97. The number of non-ortho nitro benzene ring substituents is 1. The molecule has 7 rings (SSSR count). The summed E-state index contributed by atoms with van der Waals surface area (Å²) < 4.78 is 1.68. The zero-order valence-corrected chi connectivity index (χ0v) is 25.1. The highest BCUT2D eigenvalue weighted by Crippen LogP contribution is 2.37. The average Bonchev–Trinajstić information content (AvgIpc) is 3.41. The molecule has 14 nitrogen and oxygen atoms in total. The van der Waals surface area contributed by atoms with Crippen molar-refractivity contribution in [2.24, 2.45) is 0 Å². The highest BCUT2D eigenvalue weighted by atomic mass is 16.6. The Labute approximate surface area is 260 Å². The van der Waals surface area contributed by atoms with Gasteiger partial charge in [-0.1, -0.05) is 12.1 Å². The number of benzene rings is 2. The fourth-order valence-corrected chi connectivity index (χ4v) is 6.30. The summed E-state index contributed by atoms with van der Waals surface area (Å²) in [7, 11) is 0. The normalized spacial score (nSPS) is 18.2. The van der Waals surface area contributed by atoms with Crippen LogP contribution in [-0.4, -0.2) is 61.9 Å². The molecular formula is C31H35N11O3. The number of nitro benzene ring substituents is 1. The Hall–Kier alpha value is -5.27. The monoisotopic (exact) mass is 609 g/mol. The molecule has 3 aliphatic heterocycles. The Morgan fingerprint density at radius 1 is 0.889 bits per heavy atom. The molecule has 5 heterocycles. The van der Waals surface area contributed by atoms with Crippen LogP contribution in [0.2, 0.25) is 0 Å². The summed E-state index contributed by atoms with van der Waals surface area (Å²) in [6, 6.07) is 12.9. The molecule has 1 atom stereocenters. The summed E-state index contributed by atoms with van der Waals surface area (Å²) in [4.78, 5) is 42.7. The number of aryl methyl sites for hydroxylation is 1. The zero-order valence-electron chi connectivity index (χ0n) is 25.1. The molecule has 3 aliphatic rings. The van der Waals surface area contributed by atoms with Gasteiger partial charge in [-0.05, 0) is 75.3 Å². The fraction of sp³-hybridized carbons (Fsp3) is 0.387. The number of hydrogen-bond donors (Lipinski definition) is 3. The van der Waals surface area contributed by atoms with Gasteiger partial charge in [0.15, 0.2) is 0 Å². The first-order valence-corrected chi connectivity index (χ1v) is 15.5. The van der Waals surface area contributed by atoms with Crippen molar-refractivity contribution >= 4 is 41.1 Å². The molecule has 2 aromatic heterocycles. The number of anilines is 5. The van der Waals surface area contributed by atoms with Crippen LogP contribution in [0, 0.1) is 17.0 Å². The van der Waals surface area contributed by atoms with E-state index in [9.17, 15) is 14.9 Å². The molecule has 0 saturated carbocycles. The van der Waals surface area contributed by atoms with Gasteiger partial charge in [-0.25, -0.2) is 9.48 Å². The molecule has 232 valence electrons. The number of aromatic nitrogens is 5. The number of nitrogens with one attached hydrogen (secondary N) is 3. The van der Waals surface area contributed by atoms with E-state index in [1.165, 1.54) is 25.0 Å². The van der Waals surface area contributed by atoms with Crippen molar-refractivity contribution in [1.82, 2.24) is 30.0 Å². The molecule has 0 aliphatic carbocycles. The third-order valence-electron chi connectivity index (χ3n) is 8.57. The molecule has 14 heteroatoms. The summed E-state index contributed by atoms with van der Waals surface area (Å²) in [5.74, 6) is 2.45. The maximum absolute atomic E-state index is 12.7. The molecule has 3 N–H and O–H groups in total. The number of nitrogens with zero attached hydrogens (tertiary/aromatic N) is 8. The predicted octanol–water partition coefficient (Wildman–Crippen LogP) is 5.22. The van der Waals surface area contributed by atoms with E-state index in [0.717, 1.165) is 68.8 Å². The summed E-state index contributed by atoms with van der Waals surface area (Å²) in [5.41, 5.74) is 3.54. The van der Waals surface area contributed by atoms with E-state index in [4.69, 9.17) is 20.1 Å². The van der Waals surface area contributed by atoms with Gasteiger partial charge >= 0.3 is 6.03 Å². The van der Waals surface area contributed by atoms with Gasteiger partial charge in [0.25, 0.3) is 5.69 Å². The molecule has 45 heavy (non-hydrogen) atoms. The van der Waals surface area contributed by atoms with E-state index >= 15 is 0 Å². The standard InChI is InChI=1S/C31H35N11O3/c1-20-25-26(21-9-8-10-24(19-21)42(44)45)33-31(43)34-27(25)41(38-20)23-13-11-22(12-14-23)32-28-35-29(39-15-4-2-5-16-39)37-30(36-28)40-17-6-3-7-18-40/h8-14,19,26H,2-7,15-18H2,1H3,(H2,33,34,43)(H,32,35,36,37). The van der Waals surface area contributed by atoms with Crippen LogP contribution in [0.4, 0.5) is 39.8 Å². The molecule has 2 amide bonds. The number of amides is 2. The Morgan fingerprint density at radius 3 is 2.16 bits per heavy atom. The molecule has 0 bridgehead atoms. The van der Waals surface area contributed by atoms with Gasteiger partial charge in [-0.3, -0.25) is 15.4 Å². The third kappa shape index (κ3) is 5.82. The van der Waals surface area contributed by atoms with E-state index in [-0.39, 0.29) is 5.69 Å². The van der Waals surface area contributed by atoms with Crippen molar-refractivity contribution in [3.05, 3.63) is 75.5 Å².